The van der Waals surface area contributed by atoms with Gasteiger partial charge in [0.1, 0.15) is 0 Å². The van der Waals surface area contributed by atoms with Gasteiger partial charge in [0.2, 0.25) is 0 Å². The van der Waals surface area contributed by atoms with Gasteiger partial charge < -0.3 is 15.3 Å². The molecule has 4 rings (SSSR count). The van der Waals surface area contributed by atoms with Crippen molar-refractivity contribution in [2.75, 3.05) is 0 Å². The van der Waals surface area contributed by atoms with Crippen LogP contribution in [-0.4, -0.2) is 21.4 Å². The van der Waals surface area contributed by atoms with Gasteiger partial charge in [0.05, 0.1) is 6.10 Å². The number of hydrogen-bond acceptors (Lipinski definition) is 3. The van der Waals surface area contributed by atoms with E-state index in [1.165, 1.54) is 5.56 Å². The monoisotopic (exact) mass is 302 g/mol. The van der Waals surface area contributed by atoms with Crippen molar-refractivity contribution in [2.45, 2.75) is 64.4 Å². The first-order valence-electron chi connectivity index (χ1n) is 8.66. The van der Waals surface area contributed by atoms with Crippen molar-refractivity contribution in [3.05, 3.63) is 22.8 Å². The number of aliphatic hydroxyl groups excluding tert-OH is 1. The van der Waals surface area contributed by atoms with Crippen LogP contribution in [-0.2, 0) is 6.42 Å². The smallest absolute Gasteiger partial charge is 0.161 e. The number of aryl methyl sites for hydroxylation is 1. The summed E-state index contributed by atoms with van der Waals surface area (Å²) in [6, 6.07) is 2.09. The van der Waals surface area contributed by atoms with Crippen LogP contribution in [0.2, 0.25) is 0 Å². The molecule has 3 heteroatoms. The van der Waals surface area contributed by atoms with Crippen molar-refractivity contribution in [1.82, 2.24) is 0 Å². The van der Waals surface area contributed by atoms with Crippen molar-refractivity contribution in [1.29, 1.82) is 0 Å². The molecule has 3 aliphatic rings. The lowest BCUT2D eigenvalue weighted by Gasteiger charge is -2.50. The molecule has 1 aromatic carbocycles. The third-order valence-electron chi connectivity index (χ3n) is 7.12. The van der Waals surface area contributed by atoms with E-state index in [1.807, 2.05) is 6.92 Å². The van der Waals surface area contributed by atoms with Gasteiger partial charge in [-0.15, -0.1) is 0 Å². The number of rotatable bonds is 0. The standard InChI is InChI=1S/C19H26O3/c1-10-9-14-11-7-8-19(2)15(5-6-16(19)20)12(11)3-4-13(14)18(22)17(10)21/h9,11-12,15-16,20-22H,3-8H2,1-2H3. The number of benzene rings is 1. The average Bonchev–Trinajstić information content (AvgIpc) is 2.80. The van der Waals surface area contributed by atoms with Gasteiger partial charge in [0, 0.05) is 5.56 Å². The highest BCUT2D eigenvalue weighted by Crippen LogP contribution is 2.61. The van der Waals surface area contributed by atoms with Crippen LogP contribution in [0.15, 0.2) is 6.07 Å². The summed E-state index contributed by atoms with van der Waals surface area (Å²) in [5.74, 6) is 1.86. The summed E-state index contributed by atoms with van der Waals surface area (Å²) in [6.07, 6.45) is 6.01. The van der Waals surface area contributed by atoms with E-state index in [1.54, 1.807) is 0 Å². The first kappa shape index (κ1) is 14.4. The second kappa shape index (κ2) is 4.64. The molecule has 22 heavy (non-hydrogen) atoms. The summed E-state index contributed by atoms with van der Waals surface area (Å²) in [4.78, 5) is 0. The fourth-order valence-corrected chi connectivity index (χ4v) is 5.81. The Morgan fingerprint density at radius 2 is 1.86 bits per heavy atom. The predicted molar refractivity (Wildman–Crippen MR) is 85.1 cm³/mol. The lowest BCUT2D eigenvalue weighted by molar-refractivity contribution is -0.0227. The molecule has 0 spiro atoms. The predicted octanol–water partition coefficient (Wildman–Crippen LogP) is 3.62. The van der Waals surface area contributed by atoms with E-state index >= 15 is 0 Å². The summed E-state index contributed by atoms with van der Waals surface area (Å²) >= 11 is 0. The molecule has 0 saturated heterocycles. The van der Waals surface area contributed by atoms with Gasteiger partial charge in [-0.1, -0.05) is 13.0 Å². The van der Waals surface area contributed by atoms with Gasteiger partial charge in [-0.3, -0.25) is 0 Å². The Hall–Kier alpha value is -1.22. The van der Waals surface area contributed by atoms with Crippen LogP contribution in [0.3, 0.4) is 0 Å². The zero-order valence-electron chi connectivity index (χ0n) is 13.5. The molecular weight excluding hydrogens is 276 g/mol. The summed E-state index contributed by atoms with van der Waals surface area (Å²) < 4.78 is 0. The van der Waals surface area contributed by atoms with Gasteiger partial charge in [0.25, 0.3) is 0 Å². The molecule has 2 saturated carbocycles. The van der Waals surface area contributed by atoms with Crippen LogP contribution in [0.4, 0.5) is 0 Å². The number of aliphatic hydroxyl groups is 1. The first-order valence-corrected chi connectivity index (χ1v) is 8.66. The minimum atomic E-state index is -0.144. The maximum absolute atomic E-state index is 10.4. The lowest BCUT2D eigenvalue weighted by Crippen LogP contribution is -2.43. The summed E-state index contributed by atoms with van der Waals surface area (Å²) in [7, 11) is 0. The molecule has 5 unspecified atom stereocenters. The van der Waals surface area contributed by atoms with Crippen LogP contribution in [0.25, 0.3) is 0 Å². The Balaban J connectivity index is 1.76. The van der Waals surface area contributed by atoms with E-state index in [0.29, 0.717) is 17.8 Å². The molecule has 3 N–H and O–H groups in total. The Morgan fingerprint density at radius 3 is 2.64 bits per heavy atom. The summed E-state index contributed by atoms with van der Waals surface area (Å²) in [6.45, 7) is 4.14. The van der Waals surface area contributed by atoms with E-state index < -0.39 is 0 Å². The van der Waals surface area contributed by atoms with Gasteiger partial charge in [-0.25, -0.2) is 0 Å². The fraction of sp³-hybridized carbons (Fsp3) is 0.684. The van der Waals surface area contributed by atoms with Crippen molar-refractivity contribution in [2.24, 2.45) is 17.3 Å². The van der Waals surface area contributed by atoms with Crippen molar-refractivity contribution >= 4 is 0 Å². The molecular formula is C19H26O3. The highest BCUT2D eigenvalue weighted by Gasteiger charge is 2.54. The SMILES string of the molecule is Cc1cc2c(c(O)c1O)CCC1C2CCC2(C)C(O)CCC12. The van der Waals surface area contributed by atoms with Crippen molar-refractivity contribution in [3.8, 4) is 11.5 Å². The molecule has 0 aromatic heterocycles. The molecule has 2 fully saturated rings. The second-order valence-electron chi connectivity index (χ2n) is 8.01. The molecule has 0 bridgehead atoms. The largest absolute Gasteiger partial charge is 0.504 e. The van der Waals surface area contributed by atoms with Gasteiger partial charge in [-0.05, 0) is 79.7 Å². The summed E-state index contributed by atoms with van der Waals surface area (Å²) in [5.41, 5.74) is 3.09. The maximum Gasteiger partial charge on any atom is 0.161 e. The molecule has 3 nitrogen and oxygen atoms in total. The van der Waals surface area contributed by atoms with E-state index in [-0.39, 0.29) is 23.0 Å². The van der Waals surface area contributed by atoms with Crippen LogP contribution in [0.1, 0.15) is 61.6 Å². The van der Waals surface area contributed by atoms with E-state index in [4.69, 9.17) is 0 Å². The fourth-order valence-electron chi connectivity index (χ4n) is 5.81. The van der Waals surface area contributed by atoms with Crippen LogP contribution in [0.5, 0.6) is 11.5 Å². The van der Waals surface area contributed by atoms with Crippen molar-refractivity contribution in [3.63, 3.8) is 0 Å². The highest BCUT2D eigenvalue weighted by molar-refractivity contribution is 5.55. The lowest BCUT2D eigenvalue weighted by atomic mass is 9.55. The number of aromatic hydroxyl groups is 2. The molecule has 1 aromatic rings. The van der Waals surface area contributed by atoms with E-state index in [9.17, 15) is 15.3 Å². The van der Waals surface area contributed by atoms with E-state index in [2.05, 4.69) is 13.0 Å². The minimum absolute atomic E-state index is 0.0501. The normalized spacial score (nSPS) is 40.0. The van der Waals surface area contributed by atoms with Gasteiger partial charge >= 0.3 is 0 Å². The zero-order valence-corrected chi connectivity index (χ0v) is 13.5. The minimum Gasteiger partial charge on any atom is -0.504 e. The van der Waals surface area contributed by atoms with Crippen LogP contribution in [0, 0.1) is 24.2 Å². The third kappa shape index (κ3) is 1.72. The Bertz CT molecular complexity index is 624. The number of hydrogen-bond donors (Lipinski definition) is 3. The molecule has 5 atom stereocenters. The highest BCUT2D eigenvalue weighted by atomic mass is 16.3. The number of phenols is 2. The molecule has 0 aliphatic heterocycles. The average molecular weight is 302 g/mol. The zero-order chi connectivity index (χ0) is 15.6. The Kier molecular flexibility index (Phi) is 3.03. The van der Waals surface area contributed by atoms with Crippen LogP contribution < -0.4 is 0 Å². The topological polar surface area (TPSA) is 60.7 Å². The third-order valence-corrected chi connectivity index (χ3v) is 7.12. The summed E-state index contributed by atoms with van der Waals surface area (Å²) in [5, 5.41) is 30.7. The Morgan fingerprint density at radius 1 is 1.09 bits per heavy atom. The van der Waals surface area contributed by atoms with Crippen molar-refractivity contribution < 1.29 is 15.3 Å². The van der Waals surface area contributed by atoms with Gasteiger partial charge in [0.15, 0.2) is 11.5 Å². The second-order valence-corrected chi connectivity index (χ2v) is 8.01. The maximum atomic E-state index is 10.4. The quantitative estimate of drug-likeness (QED) is 0.641. The molecule has 0 amide bonds. The number of phenolic OH excluding ortho intramolecular Hbond substituents is 2. The molecule has 3 aliphatic carbocycles. The number of fused-ring (bicyclic) bond motifs is 5. The molecule has 120 valence electrons. The molecule has 0 radical (unpaired) electrons. The van der Waals surface area contributed by atoms with Crippen LogP contribution >= 0.6 is 0 Å². The van der Waals surface area contributed by atoms with E-state index in [0.717, 1.165) is 49.7 Å². The first-order chi connectivity index (χ1) is 10.4. The molecule has 0 heterocycles. The van der Waals surface area contributed by atoms with Gasteiger partial charge in [-0.2, -0.15) is 0 Å². The Labute approximate surface area is 132 Å².